The van der Waals surface area contributed by atoms with E-state index in [1.807, 2.05) is 54.6 Å². The average Bonchev–Trinajstić information content (AvgIpc) is 2.63. The highest BCUT2D eigenvalue weighted by Gasteiger charge is 2.36. The molecule has 3 rings (SSSR count). The van der Waals surface area contributed by atoms with Crippen LogP contribution in [0.25, 0.3) is 0 Å². The maximum Gasteiger partial charge on any atom is 0.247 e. The zero-order valence-corrected chi connectivity index (χ0v) is 14.3. The standard InChI is InChI=1S/C20H22N2O3/c1-25-12-11-21-20(24)19-17-10-6-5-9-16(17)13-18(23)22(19)14-15-7-3-2-4-8-15/h2-10,19H,11-14H2,1H3,(H,21,24). The van der Waals surface area contributed by atoms with Gasteiger partial charge < -0.3 is 15.0 Å². The fraction of sp³-hybridized carbons (Fsp3) is 0.300. The number of benzene rings is 2. The number of nitrogens with zero attached hydrogens (tertiary/aromatic N) is 1. The molecule has 2 aromatic rings. The summed E-state index contributed by atoms with van der Waals surface area (Å²) in [5.74, 6) is -0.206. The monoisotopic (exact) mass is 338 g/mol. The van der Waals surface area contributed by atoms with Crippen LogP contribution >= 0.6 is 0 Å². The molecule has 5 heteroatoms. The topological polar surface area (TPSA) is 58.6 Å². The van der Waals surface area contributed by atoms with Crippen molar-refractivity contribution in [3.05, 3.63) is 71.3 Å². The lowest BCUT2D eigenvalue weighted by Crippen LogP contribution is -2.47. The molecule has 1 unspecified atom stereocenters. The van der Waals surface area contributed by atoms with E-state index < -0.39 is 6.04 Å². The molecule has 0 saturated carbocycles. The molecule has 0 fully saturated rings. The van der Waals surface area contributed by atoms with Crippen molar-refractivity contribution in [1.82, 2.24) is 10.2 Å². The first-order chi connectivity index (χ1) is 12.2. The summed E-state index contributed by atoms with van der Waals surface area (Å²) in [5, 5.41) is 2.87. The Labute approximate surface area is 147 Å². The third-order valence-corrected chi connectivity index (χ3v) is 4.37. The van der Waals surface area contributed by atoms with Gasteiger partial charge in [-0.25, -0.2) is 0 Å². The summed E-state index contributed by atoms with van der Waals surface area (Å²) >= 11 is 0. The lowest BCUT2D eigenvalue weighted by Gasteiger charge is -2.36. The quantitative estimate of drug-likeness (QED) is 0.821. The number of hydrogen-bond acceptors (Lipinski definition) is 3. The van der Waals surface area contributed by atoms with Gasteiger partial charge in [-0.3, -0.25) is 9.59 Å². The van der Waals surface area contributed by atoms with Crippen LogP contribution in [0.3, 0.4) is 0 Å². The van der Waals surface area contributed by atoms with Crippen LogP contribution in [0, 0.1) is 0 Å². The SMILES string of the molecule is COCCNC(=O)C1c2ccccc2CC(=O)N1Cc1ccccc1. The highest BCUT2D eigenvalue weighted by Crippen LogP contribution is 2.31. The molecule has 1 aliphatic rings. The summed E-state index contributed by atoms with van der Waals surface area (Å²) < 4.78 is 5.00. The van der Waals surface area contributed by atoms with Crippen LogP contribution in [0.15, 0.2) is 54.6 Å². The van der Waals surface area contributed by atoms with E-state index in [0.29, 0.717) is 26.1 Å². The second-order valence-electron chi connectivity index (χ2n) is 6.07. The number of ether oxygens (including phenoxy) is 1. The van der Waals surface area contributed by atoms with Crippen molar-refractivity contribution in [2.75, 3.05) is 20.3 Å². The van der Waals surface area contributed by atoms with Crippen molar-refractivity contribution < 1.29 is 14.3 Å². The lowest BCUT2D eigenvalue weighted by atomic mass is 9.91. The minimum absolute atomic E-state index is 0.0329. The van der Waals surface area contributed by atoms with Gasteiger partial charge in [0, 0.05) is 20.2 Å². The van der Waals surface area contributed by atoms with Gasteiger partial charge >= 0.3 is 0 Å². The van der Waals surface area contributed by atoms with Crippen molar-refractivity contribution in [2.45, 2.75) is 19.0 Å². The molecule has 0 bridgehead atoms. The Morgan fingerprint density at radius 1 is 1.16 bits per heavy atom. The van der Waals surface area contributed by atoms with Gasteiger partial charge in [0.1, 0.15) is 6.04 Å². The van der Waals surface area contributed by atoms with Crippen molar-refractivity contribution >= 4 is 11.8 Å². The maximum atomic E-state index is 12.8. The summed E-state index contributed by atoms with van der Waals surface area (Å²) in [4.78, 5) is 27.2. The molecule has 2 aromatic carbocycles. The number of amides is 2. The van der Waals surface area contributed by atoms with Crippen LogP contribution in [0.4, 0.5) is 0 Å². The summed E-state index contributed by atoms with van der Waals surface area (Å²) in [5.41, 5.74) is 2.82. The summed E-state index contributed by atoms with van der Waals surface area (Å²) in [6.45, 7) is 1.27. The minimum Gasteiger partial charge on any atom is -0.383 e. The van der Waals surface area contributed by atoms with Gasteiger partial charge in [-0.2, -0.15) is 0 Å². The number of methoxy groups -OCH3 is 1. The summed E-state index contributed by atoms with van der Waals surface area (Å²) in [6, 6.07) is 16.8. The Bertz CT molecular complexity index is 746. The van der Waals surface area contributed by atoms with E-state index in [2.05, 4.69) is 5.32 Å². The Morgan fingerprint density at radius 3 is 2.64 bits per heavy atom. The van der Waals surface area contributed by atoms with E-state index >= 15 is 0 Å². The molecule has 5 nitrogen and oxygen atoms in total. The van der Waals surface area contributed by atoms with Crippen LogP contribution in [0.1, 0.15) is 22.7 Å². The van der Waals surface area contributed by atoms with Crippen LogP contribution in [-0.4, -0.2) is 37.0 Å². The molecule has 1 atom stereocenters. The van der Waals surface area contributed by atoms with Gasteiger partial charge in [0.15, 0.2) is 0 Å². The van der Waals surface area contributed by atoms with Gasteiger partial charge in [-0.05, 0) is 16.7 Å². The molecular weight excluding hydrogens is 316 g/mol. The lowest BCUT2D eigenvalue weighted by molar-refractivity contribution is -0.142. The predicted molar refractivity (Wildman–Crippen MR) is 94.8 cm³/mol. The molecule has 130 valence electrons. The number of fused-ring (bicyclic) bond motifs is 1. The van der Waals surface area contributed by atoms with E-state index in [1.54, 1.807) is 12.0 Å². The number of carbonyl (C=O) groups excluding carboxylic acids is 2. The number of hydrogen-bond donors (Lipinski definition) is 1. The molecule has 1 N–H and O–H groups in total. The van der Waals surface area contributed by atoms with Crippen molar-refractivity contribution in [3.63, 3.8) is 0 Å². The fourth-order valence-electron chi connectivity index (χ4n) is 3.15. The normalized spacial score (nSPS) is 16.4. The van der Waals surface area contributed by atoms with Crippen LogP contribution in [0.5, 0.6) is 0 Å². The molecule has 2 amide bonds. The third-order valence-electron chi connectivity index (χ3n) is 4.37. The number of rotatable bonds is 6. The van der Waals surface area contributed by atoms with E-state index in [0.717, 1.165) is 16.7 Å². The van der Waals surface area contributed by atoms with Gasteiger partial charge in [-0.1, -0.05) is 54.6 Å². The molecular formula is C20H22N2O3. The summed E-state index contributed by atoms with van der Waals surface area (Å²) in [6.07, 6.45) is 0.324. The molecule has 25 heavy (non-hydrogen) atoms. The van der Waals surface area contributed by atoms with Crippen LogP contribution in [-0.2, 0) is 27.3 Å². The van der Waals surface area contributed by atoms with E-state index in [9.17, 15) is 9.59 Å². The second kappa shape index (κ2) is 7.94. The Balaban J connectivity index is 1.90. The number of nitrogens with one attached hydrogen (secondary N) is 1. The smallest absolute Gasteiger partial charge is 0.247 e. The Kier molecular flexibility index (Phi) is 5.46. The van der Waals surface area contributed by atoms with Gasteiger partial charge in [0.25, 0.3) is 0 Å². The zero-order chi connectivity index (χ0) is 17.6. The predicted octanol–water partition coefficient (Wildman–Crippen LogP) is 2.08. The van der Waals surface area contributed by atoms with Crippen LogP contribution < -0.4 is 5.32 Å². The fourth-order valence-corrected chi connectivity index (χ4v) is 3.15. The summed E-state index contributed by atoms with van der Waals surface area (Å²) in [7, 11) is 1.59. The largest absolute Gasteiger partial charge is 0.383 e. The van der Waals surface area contributed by atoms with Crippen molar-refractivity contribution in [3.8, 4) is 0 Å². The molecule has 0 aromatic heterocycles. The maximum absolute atomic E-state index is 12.8. The highest BCUT2D eigenvalue weighted by atomic mass is 16.5. The van der Waals surface area contributed by atoms with Gasteiger partial charge in [0.05, 0.1) is 13.0 Å². The zero-order valence-electron chi connectivity index (χ0n) is 14.3. The van der Waals surface area contributed by atoms with E-state index in [4.69, 9.17) is 4.74 Å². The third kappa shape index (κ3) is 3.88. The molecule has 0 spiro atoms. The van der Waals surface area contributed by atoms with Crippen molar-refractivity contribution in [1.29, 1.82) is 0 Å². The molecule has 0 aliphatic carbocycles. The minimum atomic E-state index is -0.616. The Hall–Kier alpha value is -2.66. The molecule has 0 saturated heterocycles. The first kappa shape index (κ1) is 17.2. The highest BCUT2D eigenvalue weighted by molar-refractivity contribution is 5.92. The number of carbonyl (C=O) groups is 2. The van der Waals surface area contributed by atoms with Crippen molar-refractivity contribution in [2.24, 2.45) is 0 Å². The van der Waals surface area contributed by atoms with E-state index in [-0.39, 0.29) is 11.8 Å². The molecule has 1 aliphatic heterocycles. The second-order valence-corrected chi connectivity index (χ2v) is 6.07. The van der Waals surface area contributed by atoms with Crippen LogP contribution in [0.2, 0.25) is 0 Å². The van der Waals surface area contributed by atoms with Gasteiger partial charge in [0.2, 0.25) is 11.8 Å². The first-order valence-corrected chi connectivity index (χ1v) is 8.38. The molecule has 1 heterocycles. The molecule has 0 radical (unpaired) electrons. The Morgan fingerprint density at radius 2 is 1.88 bits per heavy atom. The first-order valence-electron chi connectivity index (χ1n) is 8.38. The van der Waals surface area contributed by atoms with Gasteiger partial charge in [-0.15, -0.1) is 0 Å². The average molecular weight is 338 g/mol. The van der Waals surface area contributed by atoms with E-state index in [1.165, 1.54) is 0 Å².